The van der Waals surface area contributed by atoms with E-state index in [0.29, 0.717) is 27.9 Å². The van der Waals surface area contributed by atoms with Crippen LogP contribution in [0, 0.1) is 17.0 Å². The van der Waals surface area contributed by atoms with Crippen LogP contribution in [0.25, 0.3) is 5.69 Å². The first-order valence-corrected chi connectivity index (χ1v) is 11.7. The summed E-state index contributed by atoms with van der Waals surface area (Å²) in [5, 5.41) is 23.7. The van der Waals surface area contributed by atoms with E-state index in [-0.39, 0.29) is 17.3 Å². The number of nitrogens with zero attached hydrogens (tertiary/aromatic N) is 4. The molecule has 0 bridgehead atoms. The molecule has 1 amide bonds. The molecule has 0 aliphatic heterocycles. The Morgan fingerprint density at radius 2 is 1.82 bits per heavy atom. The van der Waals surface area contributed by atoms with Crippen molar-refractivity contribution in [2.75, 3.05) is 11.1 Å². The van der Waals surface area contributed by atoms with Gasteiger partial charge in [-0.15, -0.1) is 10.2 Å². The van der Waals surface area contributed by atoms with Crippen molar-refractivity contribution >= 4 is 40.6 Å². The van der Waals surface area contributed by atoms with Crippen LogP contribution in [0.2, 0.25) is 5.02 Å². The normalized spacial score (nSPS) is 10.8. The molecule has 1 N–H and O–H groups in total. The summed E-state index contributed by atoms with van der Waals surface area (Å²) in [5.74, 6) is 0.475. The van der Waals surface area contributed by atoms with Crippen molar-refractivity contribution < 1.29 is 9.72 Å². The Labute approximate surface area is 205 Å². The largest absolute Gasteiger partial charge is 0.325 e. The van der Waals surface area contributed by atoms with E-state index in [0.717, 1.165) is 17.1 Å². The zero-order valence-corrected chi connectivity index (χ0v) is 19.7. The Hall–Kier alpha value is -3.69. The first-order valence-electron chi connectivity index (χ1n) is 10.3. The lowest BCUT2D eigenvalue weighted by molar-refractivity contribution is -0.385. The fraction of sp³-hybridized carbons (Fsp3) is 0.125. The van der Waals surface area contributed by atoms with E-state index in [9.17, 15) is 14.9 Å². The summed E-state index contributed by atoms with van der Waals surface area (Å²) < 4.78 is 1.90. The summed E-state index contributed by atoms with van der Waals surface area (Å²) in [6.45, 7) is 1.65. The van der Waals surface area contributed by atoms with Gasteiger partial charge in [-0.05, 0) is 42.8 Å². The summed E-state index contributed by atoms with van der Waals surface area (Å²) in [7, 11) is 0. The number of amides is 1. The molecule has 3 aromatic carbocycles. The van der Waals surface area contributed by atoms with E-state index in [1.165, 1.54) is 17.8 Å². The molecule has 172 valence electrons. The second-order valence-corrected chi connectivity index (χ2v) is 8.85. The lowest BCUT2D eigenvalue weighted by Crippen LogP contribution is -2.15. The zero-order chi connectivity index (χ0) is 24.1. The highest BCUT2D eigenvalue weighted by Crippen LogP contribution is 2.26. The number of aromatic nitrogens is 3. The Morgan fingerprint density at radius 1 is 1.09 bits per heavy atom. The molecule has 1 heterocycles. The van der Waals surface area contributed by atoms with Crippen LogP contribution in [-0.4, -0.2) is 31.3 Å². The SMILES string of the molecule is Cc1ccc(NC(=O)CSc2nnc(Cc3ccccc3)n2-c2ccc(Cl)cc2)cc1[N+](=O)[O-]. The number of aryl methyl sites for hydroxylation is 1. The van der Waals surface area contributed by atoms with Gasteiger partial charge in [-0.2, -0.15) is 0 Å². The summed E-state index contributed by atoms with van der Waals surface area (Å²) in [6, 6.07) is 21.8. The van der Waals surface area contributed by atoms with E-state index >= 15 is 0 Å². The fourth-order valence-corrected chi connectivity index (χ4v) is 4.24. The van der Waals surface area contributed by atoms with Gasteiger partial charge < -0.3 is 5.32 Å². The van der Waals surface area contributed by atoms with Gasteiger partial charge in [0, 0.05) is 34.4 Å². The molecule has 4 rings (SSSR count). The molecule has 4 aromatic rings. The van der Waals surface area contributed by atoms with Crippen LogP contribution in [-0.2, 0) is 11.2 Å². The predicted molar refractivity (Wildman–Crippen MR) is 133 cm³/mol. The number of hydrogen-bond donors (Lipinski definition) is 1. The van der Waals surface area contributed by atoms with Crippen molar-refractivity contribution in [3.63, 3.8) is 0 Å². The van der Waals surface area contributed by atoms with E-state index in [1.54, 1.807) is 31.2 Å². The smallest absolute Gasteiger partial charge is 0.274 e. The minimum Gasteiger partial charge on any atom is -0.325 e. The Bertz CT molecular complexity index is 1330. The molecular formula is C24H20ClN5O3S. The molecule has 0 saturated heterocycles. The minimum absolute atomic E-state index is 0.0431. The summed E-state index contributed by atoms with van der Waals surface area (Å²) >= 11 is 7.29. The average molecular weight is 494 g/mol. The van der Waals surface area contributed by atoms with Gasteiger partial charge in [0.05, 0.1) is 10.7 Å². The third-order valence-corrected chi connectivity index (χ3v) is 6.19. The number of nitro benzene ring substituents is 1. The summed E-state index contributed by atoms with van der Waals surface area (Å²) in [6.07, 6.45) is 0.566. The molecule has 0 aliphatic rings. The number of halogens is 1. The molecule has 1 aromatic heterocycles. The molecule has 10 heteroatoms. The standard InChI is InChI=1S/C24H20ClN5O3S/c1-16-7-10-19(14-21(16)30(32)33)26-23(31)15-34-24-28-27-22(13-17-5-3-2-4-6-17)29(24)20-11-8-18(25)9-12-20/h2-12,14H,13,15H2,1H3,(H,26,31). The van der Waals surface area contributed by atoms with Gasteiger partial charge in [-0.3, -0.25) is 19.5 Å². The first-order chi connectivity index (χ1) is 16.4. The number of thioether (sulfide) groups is 1. The number of carbonyl (C=O) groups excluding carboxylic acids is 1. The van der Waals surface area contributed by atoms with E-state index in [1.807, 2.05) is 47.0 Å². The van der Waals surface area contributed by atoms with Crippen LogP contribution >= 0.6 is 23.4 Å². The number of anilines is 1. The molecule has 0 fully saturated rings. The number of benzene rings is 3. The first kappa shape index (κ1) is 23.5. The number of rotatable bonds is 8. The summed E-state index contributed by atoms with van der Waals surface area (Å²) in [4.78, 5) is 23.3. The third kappa shape index (κ3) is 5.62. The van der Waals surface area contributed by atoms with E-state index < -0.39 is 4.92 Å². The molecule has 0 radical (unpaired) electrons. The van der Waals surface area contributed by atoms with Crippen molar-refractivity contribution in [1.29, 1.82) is 0 Å². The maximum absolute atomic E-state index is 12.6. The van der Waals surface area contributed by atoms with Gasteiger partial charge in [0.15, 0.2) is 5.16 Å². The molecule has 0 aliphatic carbocycles. The highest BCUT2D eigenvalue weighted by atomic mass is 35.5. The number of hydrogen-bond acceptors (Lipinski definition) is 6. The monoisotopic (exact) mass is 493 g/mol. The molecule has 8 nitrogen and oxygen atoms in total. The second-order valence-electron chi connectivity index (χ2n) is 7.47. The third-order valence-electron chi connectivity index (χ3n) is 5.01. The fourth-order valence-electron chi connectivity index (χ4n) is 3.35. The molecular weight excluding hydrogens is 474 g/mol. The highest BCUT2D eigenvalue weighted by molar-refractivity contribution is 7.99. The molecule has 0 spiro atoms. The van der Waals surface area contributed by atoms with Gasteiger partial charge in [0.2, 0.25) is 5.91 Å². The Morgan fingerprint density at radius 3 is 2.53 bits per heavy atom. The van der Waals surface area contributed by atoms with Crippen molar-refractivity contribution in [3.05, 3.63) is 105 Å². The average Bonchev–Trinajstić information content (AvgIpc) is 3.22. The minimum atomic E-state index is -0.470. The predicted octanol–water partition coefficient (Wildman–Crippen LogP) is 5.46. The van der Waals surface area contributed by atoms with Crippen LogP contribution in [0.15, 0.2) is 78.0 Å². The van der Waals surface area contributed by atoms with E-state index in [2.05, 4.69) is 15.5 Å². The van der Waals surface area contributed by atoms with Crippen molar-refractivity contribution in [2.24, 2.45) is 0 Å². The lowest BCUT2D eigenvalue weighted by Gasteiger charge is -2.11. The Kier molecular flexibility index (Phi) is 7.24. The van der Waals surface area contributed by atoms with Crippen LogP contribution < -0.4 is 5.32 Å². The highest BCUT2D eigenvalue weighted by Gasteiger charge is 2.17. The quantitative estimate of drug-likeness (QED) is 0.198. The van der Waals surface area contributed by atoms with Crippen LogP contribution in [0.1, 0.15) is 17.0 Å². The van der Waals surface area contributed by atoms with Gasteiger partial charge in [-0.1, -0.05) is 59.8 Å². The van der Waals surface area contributed by atoms with Crippen molar-refractivity contribution in [2.45, 2.75) is 18.5 Å². The zero-order valence-electron chi connectivity index (χ0n) is 18.1. The van der Waals surface area contributed by atoms with Crippen LogP contribution in [0.4, 0.5) is 11.4 Å². The van der Waals surface area contributed by atoms with Gasteiger partial charge in [0.25, 0.3) is 5.69 Å². The van der Waals surface area contributed by atoms with Crippen molar-refractivity contribution in [1.82, 2.24) is 14.8 Å². The van der Waals surface area contributed by atoms with Gasteiger partial charge in [-0.25, -0.2) is 0 Å². The lowest BCUT2D eigenvalue weighted by atomic mass is 10.1. The molecule has 0 atom stereocenters. The van der Waals surface area contributed by atoms with E-state index in [4.69, 9.17) is 11.6 Å². The second kappa shape index (κ2) is 10.5. The van der Waals surface area contributed by atoms with Gasteiger partial charge in [0.1, 0.15) is 5.82 Å². The van der Waals surface area contributed by atoms with Gasteiger partial charge >= 0.3 is 0 Å². The number of nitro groups is 1. The number of carbonyl (C=O) groups is 1. The Balaban J connectivity index is 1.53. The summed E-state index contributed by atoms with van der Waals surface area (Å²) in [5.41, 5.74) is 2.77. The van der Waals surface area contributed by atoms with Crippen molar-refractivity contribution in [3.8, 4) is 5.69 Å². The molecule has 34 heavy (non-hydrogen) atoms. The topological polar surface area (TPSA) is 103 Å². The maximum Gasteiger partial charge on any atom is 0.274 e. The van der Waals surface area contributed by atoms with Crippen LogP contribution in [0.5, 0.6) is 0 Å². The number of nitrogens with one attached hydrogen (secondary N) is 1. The van der Waals surface area contributed by atoms with Crippen LogP contribution in [0.3, 0.4) is 0 Å². The molecule has 0 unspecified atom stereocenters. The molecule has 0 saturated carbocycles. The maximum atomic E-state index is 12.6.